The van der Waals surface area contributed by atoms with Gasteiger partial charge in [-0.15, -0.1) is 0 Å². The van der Waals surface area contributed by atoms with E-state index in [0.29, 0.717) is 5.56 Å². The Kier molecular flexibility index (Phi) is 2.12. The topological polar surface area (TPSA) is 50.2 Å². The van der Waals surface area contributed by atoms with Gasteiger partial charge in [0.15, 0.2) is 0 Å². The molecule has 0 bridgehead atoms. The van der Waals surface area contributed by atoms with Crippen LogP contribution in [-0.2, 0) is 0 Å². The van der Waals surface area contributed by atoms with Crippen molar-refractivity contribution in [1.82, 2.24) is 4.37 Å². The highest BCUT2D eigenvalue weighted by atomic mass is 32.1. The molecule has 0 aromatic carbocycles. The summed E-state index contributed by atoms with van der Waals surface area (Å²) in [6, 6.07) is 0. The Morgan fingerprint density at radius 3 is 2.85 bits per heavy atom. The zero-order chi connectivity index (χ0) is 9.26. The van der Waals surface area contributed by atoms with Crippen LogP contribution in [0.3, 0.4) is 0 Å². The zero-order valence-corrected chi connectivity index (χ0v) is 8.06. The molecule has 0 atom stereocenters. The van der Waals surface area contributed by atoms with Gasteiger partial charge in [-0.2, -0.15) is 11.3 Å². The largest absolute Gasteiger partial charge is 0.478 e. The van der Waals surface area contributed by atoms with E-state index in [1.54, 1.807) is 11.6 Å². The maximum Gasteiger partial charge on any atom is 0.337 e. The molecule has 13 heavy (non-hydrogen) atoms. The van der Waals surface area contributed by atoms with Gasteiger partial charge in [-0.05, 0) is 16.9 Å². The standard InChI is InChI=1S/C8H5NO2S2/c10-8(11)7-4-12-3-6(7)5-1-9-13-2-5/h1-4H,(H,10,11). The van der Waals surface area contributed by atoms with Crippen LogP contribution < -0.4 is 0 Å². The number of carbonyl (C=O) groups is 1. The van der Waals surface area contributed by atoms with Gasteiger partial charge in [0, 0.05) is 28.1 Å². The molecule has 66 valence electrons. The Bertz CT molecular complexity index is 419. The molecule has 0 aliphatic heterocycles. The van der Waals surface area contributed by atoms with E-state index in [0.717, 1.165) is 11.1 Å². The van der Waals surface area contributed by atoms with Crippen LogP contribution in [0.5, 0.6) is 0 Å². The number of nitrogens with zero attached hydrogens (tertiary/aromatic N) is 1. The number of aromatic nitrogens is 1. The van der Waals surface area contributed by atoms with E-state index in [2.05, 4.69) is 4.37 Å². The highest BCUT2D eigenvalue weighted by Gasteiger charge is 2.12. The van der Waals surface area contributed by atoms with Crippen molar-refractivity contribution in [3.05, 3.63) is 27.9 Å². The Morgan fingerprint density at radius 1 is 1.38 bits per heavy atom. The van der Waals surface area contributed by atoms with Crippen LogP contribution in [0.1, 0.15) is 10.4 Å². The lowest BCUT2D eigenvalue weighted by Gasteiger charge is -1.93. The third-order valence-electron chi connectivity index (χ3n) is 1.64. The summed E-state index contributed by atoms with van der Waals surface area (Å²) in [6.07, 6.45) is 1.68. The maximum atomic E-state index is 10.8. The molecule has 0 saturated heterocycles. The molecule has 1 N–H and O–H groups in total. The molecule has 0 unspecified atom stereocenters. The van der Waals surface area contributed by atoms with Gasteiger partial charge in [-0.25, -0.2) is 9.17 Å². The van der Waals surface area contributed by atoms with Crippen molar-refractivity contribution in [2.45, 2.75) is 0 Å². The molecule has 0 aliphatic rings. The summed E-state index contributed by atoms with van der Waals surface area (Å²) in [5.41, 5.74) is 1.99. The molecule has 2 rings (SSSR count). The van der Waals surface area contributed by atoms with Gasteiger partial charge >= 0.3 is 5.97 Å². The predicted octanol–water partition coefficient (Wildman–Crippen LogP) is 2.57. The summed E-state index contributed by atoms with van der Waals surface area (Å²) in [6.45, 7) is 0. The average molecular weight is 211 g/mol. The van der Waals surface area contributed by atoms with Crippen LogP contribution in [0.15, 0.2) is 22.3 Å². The molecule has 0 fully saturated rings. The number of hydrogen-bond donors (Lipinski definition) is 1. The minimum atomic E-state index is -0.887. The smallest absolute Gasteiger partial charge is 0.337 e. The molecule has 0 radical (unpaired) electrons. The first-order chi connectivity index (χ1) is 6.29. The summed E-state index contributed by atoms with van der Waals surface area (Å²) >= 11 is 2.71. The van der Waals surface area contributed by atoms with Gasteiger partial charge in [-0.3, -0.25) is 0 Å². The van der Waals surface area contributed by atoms with Crippen LogP contribution in [0.2, 0.25) is 0 Å². The van der Waals surface area contributed by atoms with Crippen LogP contribution >= 0.6 is 22.9 Å². The van der Waals surface area contributed by atoms with Crippen molar-refractivity contribution in [3.8, 4) is 11.1 Å². The minimum Gasteiger partial charge on any atom is -0.478 e. The van der Waals surface area contributed by atoms with E-state index >= 15 is 0 Å². The first-order valence-electron chi connectivity index (χ1n) is 3.48. The maximum absolute atomic E-state index is 10.8. The highest BCUT2D eigenvalue weighted by Crippen LogP contribution is 2.27. The quantitative estimate of drug-likeness (QED) is 0.830. The average Bonchev–Trinajstić information content (AvgIpc) is 2.74. The van der Waals surface area contributed by atoms with Crippen LogP contribution in [0.4, 0.5) is 0 Å². The second kappa shape index (κ2) is 3.27. The van der Waals surface area contributed by atoms with E-state index < -0.39 is 5.97 Å². The van der Waals surface area contributed by atoms with Crippen molar-refractivity contribution in [3.63, 3.8) is 0 Å². The van der Waals surface area contributed by atoms with Gasteiger partial charge in [0.25, 0.3) is 0 Å². The predicted molar refractivity (Wildman–Crippen MR) is 52.4 cm³/mol. The van der Waals surface area contributed by atoms with E-state index in [9.17, 15) is 4.79 Å². The van der Waals surface area contributed by atoms with Gasteiger partial charge in [0.2, 0.25) is 0 Å². The summed E-state index contributed by atoms with van der Waals surface area (Å²) in [5.74, 6) is -0.887. The van der Waals surface area contributed by atoms with Gasteiger partial charge in [0.1, 0.15) is 0 Å². The Hall–Kier alpha value is -1.20. The second-order valence-electron chi connectivity index (χ2n) is 2.42. The number of hydrogen-bond acceptors (Lipinski definition) is 4. The van der Waals surface area contributed by atoms with Crippen molar-refractivity contribution >= 4 is 28.8 Å². The zero-order valence-electron chi connectivity index (χ0n) is 6.43. The Labute approximate surface area is 82.5 Å². The third kappa shape index (κ3) is 1.48. The lowest BCUT2D eigenvalue weighted by Crippen LogP contribution is -1.94. The minimum absolute atomic E-state index is 0.352. The summed E-state index contributed by atoms with van der Waals surface area (Å²) in [4.78, 5) is 10.8. The van der Waals surface area contributed by atoms with Crippen LogP contribution in [0, 0.1) is 0 Å². The molecule has 5 heteroatoms. The molecule has 0 saturated carbocycles. The van der Waals surface area contributed by atoms with Crippen molar-refractivity contribution in [2.24, 2.45) is 0 Å². The number of thiophene rings is 1. The van der Waals surface area contributed by atoms with E-state index in [-0.39, 0.29) is 0 Å². The van der Waals surface area contributed by atoms with Crippen LogP contribution in [-0.4, -0.2) is 15.4 Å². The van der Waals surface area contributed by atoms with Crippen molar-refractivity contribution in [1.29, 1.82) is 0 Å². The number of carboxylic acids is 1. The molecule has 0 aliphatic carbocycles. The third-order valence-corrected chi connectivity index (χ3v) is 2.97. The lowest BCUT2D eigenvalue weighted by atomic mass is 10.1. The van der Waals surface area contributed by atoms with E-state index in [1.807, 2.05) is 10.8 Å². The molecule has 0 amide bonds. The molecule has 2 heterocycles. The fraction of sp³-hybridized carbons (Fsp3) is 0. The number of rotatable bonds is 2. The summed E-state index contributed by atoms with van der Waals surface area (Å²) < 4.78 is 3.93. The Balaban J connectivity index is 2.52. The summed E-state index contributed by atoms with van der Waals surface area (Å²) in [7, 11) is 0. The fourth-order valence-corrected chi connectivity index (χ4v) is 2.39. The van der Waals surface area contributed by atoms with Crippen molar-refractivity contribution in [2.75, 3.05) is 0 Å². The second-order valence-corrected chi connectivity index (χ2v) is 3.82. The molecule has 2 aromatic rings. The SMILES string of the molecule is O=C(O)c1cscc1-c1cnsc1. The number of carboxylic acid groups (broad SMARTS) is 1. The fourth-order valence-electron chi connectivity index (χ4n) is 1.02. The molecular weight excluding hydrogens is 206 g/mol. The molecular formula is C8H5NO2S2. The first-order valence-corrected chi connectivity index (χ1v) is 5.26. The van der Waals surface area contributed by atoms with E-state index in [4.69, 9.17) is 5.11 Å². The normalized spacial score (nSPS) is 10.2. The Morgan fingerprint density at radius 2 is 2.23 bits per heavy atom. The van der Waals surface area contributed by atoms with Crippen molar-refractivity contribution < 1.29 is 9.90 Å². The number of aromatic carboxylic acids is 1. The van der Waals surface area contributed by atoms with Gasteiger partial charge < -0.3 is 5.11 Å². The van der Waals surface area contributed by atoms with E-state index in [1.165, 1.54) is 22.9 Å². The van der Waals surface area contributed by atoms with Gasteiger partial charge in [-0.1, -0.05) is 0 Å². The molecule has 0 spiro atoms. The molecule has 2 aromatic heterocycles. The summed E-state index contributed by atoms with van der Waals surface area (Å²) in [5, 5.41) is 14.1. The van der Waals surface area contributed by atoms with Gasteiger partial charge in [0.05, 0.1) is 5.56 Å². The molecule has 3 nitrogen and oxygen atoms in total. The highest BCUT2D eigenvalue weighted by molar-refractivity contribution is 7.08. The monoisotopic (exact) mass is 211 g/mol. The lowest BCUT2D eigenvalue weighted by molar-refractivity contribution is 0.0698. The van der Waals surface area contributed by atoms with Crippen LogP contribution in [0.25, 0.3) is 11.1 Å². The first kappa shape index (κ1) is 8.40.